The average molecular weight is 341 g/mol. The van der Waals surface area contributed by atoms with Crippen LogP contribution in [0.2, 0.25) is 0 Å². The molecular weight excluding hydrogens is 318 g/mol. The fraction of sp³-hybridized carbons (Fsp3) is 0.250. The van der Waals surface area contributed by atoms with Crippen LogP contribution in [0.1, 0.15) is 31.9 Å². The summed E-state index contributed by atoms with van der Waals surface area (Å²) in [6.45, 7) is 6.51. The van der Waals surface area contributed by atoms with Crippen molar-refractivity contribution in [2.75, 3.05) is 11.6 Å². The van der Waals surface area contributed by atoms with Crippen molar-refractivity contribution in [1.82, 2.24) is 0 Å². The molecule has 0 heterocycles. The Morgan fingerprint density at radius 1 is 1.00 bits per heavy atom. The van der Waals surface area contributed by atoms with E-state index in [4.69, 9.17) is 0 Å². The minimum Gasteiger partial charge on any atom is -0.323 e. The fourth-order valence-electron chi connectivity index (χ4n) is 2.18. The average Bonchev–Trinajstić information content (AvgIpc) is 2.53. The van der Waals surface area contributed by atoms with Crippen molar-refractivity contribution < 1.29 is 9.00 Å². The van der Waals surface area contributed by atoms with E-state index in [0.29, 0.717) is 5.69 Å². The van der Waals surface area contributed by atoms with Gasteiger partial charge >= 0.3 is 0 Å². The summed E-state index contributed by atoms with van der Waals surface area (Å²) >= 11 is 0. The van der Waals surface area contributed by atoms with Crippen LogP contribution in [0.25, 0.3) is 6.08 Å². The van der Waals surface area contributed by atoms with Crippen LogP contribution < -0.4 is 5.32 Å². The quantitative estimate of drug-likeness (QED) is 0.839. The Kier molecular flexibility index (Phi) is 5.73. The van der Waals surface area contributed by atoms with Crippen LogP contribution in [0.15, 0.2) is 59.5 Å². The molecule has 0 saturated carbocycles. The highest BCUT2D eigenvalue weighted by Gasteiger charge is 2.12. The maximum absolute atomic E-state index is 12.0. The molecule has 1 atom stereocenters. The third kappa shape index (κ3) is 5.17. The minimum absolute atomic E-state index is 0.119. The first-order chi connectivity index (χ1) is 11.3. The number of carbonyl (C=O) groups excluding carboxylic acids is 1. The van der Waals surface area contributed by atoms with Crippen molar-refractivity contribution in [1.29, 1.82) is 0 Å². The van der Waals surface area contributed by atoms with Crippen molar-refractivity contribution in [2.45, 2.75) is 31.1 Å². The first-order valence-corrected chi connectivity index (χ1v) is 9.34. The van der Waals surface area contributed by atoms with Gasteiger partial charge in [0.15, 0.2) is 0 Å². The molecular formula is C20H23NO2S. The van der Waals surface area contributed by atoms with Crippen LogP contribution in [0.4, 0.5) is 5.69 Å². The molecule has 0 radical (unpaired) electrons. The molecule has 1 N–H and O–H groups in total. The Bertz CT molecular complexity index is 754. The van der Waals surface area contributed by atoms with E-state index in [1.54, 1.807) is 36.6 Å². The third-order valence-electron chi connectivity index (χ3n) is 3.66. The molecule has 0 saturated heterocycles. The molecule has 0 spiro atoms. The number of nitrogens with one attached hydrogen (secondary N) is 1. The Labute approximate surface area is 146 Å². The van der Waals surface area contributed by atoms with Crippen LogP contribution >= 0.6 is 0 Å². The molecule has 0 unspecified atom stereocenters. The van der Waals surface area contributed by atoms with Gasteiger partial charge in [-0.05, 0) is 46.9 Å². The van der Waals surface area contributed by atoms with Crippen molar-refractivity contribution in [3.05, 3.63) is 65.7 Å². The van der Waals surface area contributed by atoms with Crippen molar-refractivity contribution >= 4 is 28.5 Å². The summed E-state index contributed by atoms with van der Waals surface area (Å²) in [6.07, 6.45) is 4.93. The molecule has 1 amide bonds. The normalized spacial score (nSPS) is 13.0. The van der Waals surface area contributed by atoms with Gasteiger partial charge in [-0.1, -0.05) is 45.0 Å². The zero-order chi connectivity index (χ0) is 17.7. The van der Waals surface area contributed by atoms with Crippen LogP contribution in [0.5, 0.6) is 0 Å². The lowest BCUT2D eigenvalue weighted by Crippen LogP contribution is -2.10. The minimum atomic E-state index is -1.01. The van der Waals surface area contributed by atoms with Crippen LogP contribution in [0.3, 0.4) is 0 Å². The van der Waals surface area contributed by atoms with Gasteiger partial charge in [-0.25, -0.2) is 0 Å². The smallest absolute Gasteiger partial charge is 0.248 e. The lowest BCUT2D eigenvalue weighted by Gasteiger charge is -2.18. The number of rotatable bonds is 4. The topological polar surface area (TPSA) is 46.2 Å². The second kappa shape index (κ2) is 7.58. The third-order valence-corrected chi connectivity index (χ3v) is 4.59. The second-order valence-electron chi connectivity index (χ2n) is 6.67. The lowest BCUT2D eigenvalue weighted by molar-refractivity contribution is -0.111. The maximum Gasteiger partial charge on any atom is 0.248 e. The molecule has 0 fully saturated rings. The van der Waals surface area contributed by atoms with E-state index in [2.05, 4.69) is 38.2 Å². The SMILES string of the molecule is C[S@@](=O)c1ccc(NC(=O)/C=C\c2ccc(C(C)(C)C)cc2)cc1. The highest BCUT2D eigenvalue weighted by atomic mass is 32.2. The van der Waals surface area contributed by atoms with Gasteiger partial charge in [0.1, 0.15) is 0 Å². The summed E-state index contributed by atoms with van der Waals surface area (Å²) in [5, 5.41) is 2.79. The van der Waals surface area contributed by atoms with Gasteiger partial charge in [0.2, 0.25) is 5.91 Å². The predicted octanol–water partition coefficient (Wildman–Crippen LogP) is 4.37. The van der Waals surface area contributed by atoms with E-state index in [-0.39, 0.29) is 11.3 Å². The van der Waals surface area contributed by atoms with Gasteiger partial charge in [-0.3, -0.25) is 9.00 Å². The monoisotopic (exact) mass is 341 g/mol. The molecule has 24 heavy (non-hydrogen) atoms. The van der Waals surface area contributed by atoms with Gasteiger partial charge in [0, 0.05) is 33.7 Å². The summed E-state index contributed by atoms with van der Waals surface area (Å²) < 4.78 is 11.3. The van der Waals surface area contributed by atoms with Gasteiger partial charge < -0.3 is 5.32 Å². The summed E-state index contributed by atoms with van der Waals surface area (Å²) in [4.78, 5) is 12.7. The van der Waals surface area contributed by atoms with Crippen LogP contribution in [0, 0.1) is 0 Å². The predicted molar refractivity (Wildman–Crippen MR) is 102 cm³/mol. The zero-order valence-electron chi connectivity index (χ0n) is 14.5. The van der Waals surface area contributed by atoms with Gasteiger partial charge in [0.05, 0.1) is 0 Å². The van der Waals surface area contributed by atoms with E-state index in [1.807, 2.05) is 12.1 Å². The van der Waals surface area contributed by atoms with Gasteiger partial charge in [-0.2, -0.15) is 0 Å². The molecule has 2 aromatic rings. The number of hydrogen-bond acceptors (Lipinski definition) is 2. The van der Waals surface area contributed by atoms with E-state index in [0.717, 1.165) is 10.5 Å². The zero-order valence-corrected chi connectivity index (χ0v) is 15.3. The number of hydrogen-bond donors (Lipinski definition) is 1. The highest BCUT2D eigenvalue weighted by molar-refractivity contribution is 7.84. The summed E-state index contributed by atoms with van der Waals surface area (Å²) in [5.74, 6) is -0.194. The largest absolute Gasteiger partial charge is 0.323 e. The Hall–Kier alpha value is -2.20. The number of anilines is 1. The molecule has 0 aromatic heterocycles. The molecule has 126 valence electrons. The van der Waals surface area contributed by atoms with E-state index in [1.165, 1.54) is 11.6 Å². The molecule has 2 aromatic carbocycles. The van der Waals surface area contributed by atoms with Gasteiger partial charge in [0.25, 0.3) is 0 Å². The number of carbonyl (C=O) groups is 1. The van der Waals surface area contributed by atoms with Crippen LogP contribution in [-0.4, -0.2) is 16.4 Å². The Morgan fingerprint density at radius 2 is 1.58 bits per heavy atom. The van der Waals surface area contributed by atoms with Crippen molar-refractivity contribution in [3.63, 3.8) is 0 Å². The molecule has 4 heteroatoms. The second-order valence-corrected chi connectivity index (χ2v) is 8.05. The number of amides is 1. The Balaban J connectivity index is 1.98. The molecule has 0 aliphatic heterocycles. The molecule has 3 nitrogen and oxygen atoms in total. The number of benzene rings is 2. The summed E-state index contributed by atoms with van der Waals surface area (Å²) in [6, 6.07) is 15.2. The van der Waals surface area contributed by atoms with Crippen molar-refractivity contribution in [3.8, 4) is 0 Å². The Morgan fingerprint density at radius 3 is 2.08 bits per heavy atom. The van der Waals surface area contributed by atoms with Crippen LogP contribution in [-0.2, 0) is 21.0 Å². The highest BCUT2D eigenvalue weighted by Crippen LogP contribution is 2.22. The van der Waals surface area contributed by atoms with E-state index >= 15 is 0 Å². The molecule has 0 bridgehead atoms. The van der Waals surface area contributed by atoms with Crippen molar-refractivity contribution in [2.24, 2.45) is 0 Å². The fourth-order valence-corrected chi connectivity index (χ4v) is 2.70. The van der Waals surface area contributed by atoms with E-state index < -0.39 is 10.8 Å². The first-order valence-electron chi connectivity index (χ1n) is 7.79. The lowest BCUT2D eigenvalue weighted by atomic mass is 9.87. The molecule has 0 aliphatic carbocycles. The first kappa shape index (κ1) is 18.1. The summed E-state index contributed by atoms with van der Waals surface area (Å²) in [7, 11) is -1.01. The molecule has 2 rings (SSSR count). The standard InChI is InChI=1S/C20H23NO2S/c1-20(2,3)16-8-5-15(6-9-16)7-14-19(22)21-17-10-12-18(13-11-17)24(4)23/h5-14H,1-4H3,(H,21,22)/b14-7-/t24-/m1/s1. The summed E-state index contributed by atoms with van der Waals surface area (Å²) in [5.41, 5.74) is 3.04. The van der Waals surface area contributed by atoms with Gasteiger partial charge in [-0.15, -0.1) is 0 Å². The van der Waals surface area contributed by atoms with E-state index in [9.17, 15) is 9.00 Å². The molecule has 0 aliphatic rings. The maximum atomic E-state index is 12.0.